The number of likely N-dealkylation sites (tertiary alicyclic amines) is 1. The summed E-state index contributed by atoms with van der Waals surface area (Å²) in [6, 6.07) is 11.6. The number of carbonyl (C=O) groups is 3. The van der Waals surface area contributed by atoms with Crippen LogP contribution in [0.2, 0.25) is 0 Å². The smallest absolute Gasteiger partial charge is 0.276 e. The highest BCUT2D eigenvalue weighted by Gasteiger charge is 2.44. The van der Waals surface area contributed by atoms with E-state index in [1.54, 1.807) is 6.07 Å². The Bertz CT molecular complexity index is 1160. The summed E-state index contributed by atoms with van der Waals surface area (Å²) < 4.78 is 5.50. The summed E-state index contributed by atoms with van der Waals surface area (Å²) in [5.41, 5.74) is 1.21. The van der Waals surface area contributed by atoms with Crippen LogP contribution in [0.25, 0.3) is 11.3 Å². The van der Waals surface area contributed by atoms with Gasteiger partial charge in [-0.15, -0.1) is 0 Å². The minimum absolute atomic E-state index is 0.0446. The summed E-state index contributed by atoms with van der Waals surface area (Å²) in [5, 5.41) is 7.34. The molecule has 3 saturated heterocycles. The van der Waals surface area contributed by atoms with E-state index < -0.39 is 0 Å². The van der Waals surface area contributed by atoms with Gasteiger partial charge in [-0.05, 0) is 55.8 Å². The minimum atomic E-state index is -0.118. The van der Waals surface area contributed by atoms with E-state index in [0.717, 1.165) is 37.7 Å². The first-order valence-electron chi connectivity index (χ1n) is 14.7. The van der Waals surface area contributed by atoms with Crippen LogP contribution in [-0.2, 0) is 9.59 Å². The fourth-order valence-corrected chi connectivity index (χ4v) is 6.75. The van der Waals surface area contributed by atoms with Crippen molar-refractivity contribution < 1.29 is 18.9 Å². The number of fused-ring (bicyclic) bond motifs is 4. The third-order valence-corrected chi connectivity index (χ3v) is 8.91. The number of carbonyl (C=O) groups excluding carboxylic acids is 3. The van der Waals surface area contributed by atoms with Gasteiger partial charge >= 0.3 is 0 Å². The van der Waals surface area contributed by atoms with Crippen molar-refractivity contribution in [1.82, 2.24) is 20.3 Å². The van der Waals surface area contributed by atoms with Gasteiger partial charge in [-0.25, -0.2) is 0 Å². The second-order valence-electron chi connectivity index (χ2n) is 12.3. The van der Waals surface area contributed by atoms with Crippen LogP contribution in [0.4, 0.5) is 0 Å². The van der Waals surface area contributed by atoms with E-state index in [4.69, 9.17) is 4.52 Å². The van der Waals surface area contributed by atoms with Crippen LogP contribution in [0.1, 0.15) is 76.2 Å². The lowest BCUT2D eigenvalue weighted by molar-refractivity contribution is -0.141. The molecule has 3 aliphatic heterocycles. The van der Waals surface area contributed by atoms with Crippen LogP contribution in [0, 0.1) is 23.7 Å². The molecule has 3 aliphatic rings. The van der Waals surface area contributed by atoms with Crippen LogP contribution in [0.3, 0.4) is 0 Å². The summed E-state index contributed by atoms with van der Waals surface area (Å²) in [6.45, 7) is 8.33. The van der Waals surface area contributed by atoms with Crippen LogP contribution in [0.5, 0.6) is 0 Å². The third-order valence-electron chi connectivity index (χ3n) is 8.91. The van der Waals surface area contributed by atoms with Crippen LogP contribution >= 0.6 is 0 Å². The summed E-state index contributed by atoms with van der Waals surface area (Å²) in [5.74, 6) is 1.86. The summed E-state index contributed by atoms with van der Waals surface area (Å²) >= 11 is 0. The first kappa shape index (κ1) is 27.4. The van der Waals surface area contributed by atoms with Gasteiger partial charge in [-0.1, -0.05) is 56.3 Å². The number of piperidine rings is 2. The van der Waals surface area contributed by atoms with Crippen molar-refractivity contribution in [3.63, 3.8) is 0 Å². The van der Waals surface area contributed by atoms with Crippen molar-refractivity contribution in [2.24, 2.45) is 23.7 Å². The lowest BCUT2D eigenvalue weighted by Gasteiger charge is -2.51. The zero-order valence-corrected chi connectivity index (χ0v) is 23.5. The summed E-state index contributed by atoms with van der Waals surface area (Å²) in [4.78, 5) is 43.8. The normalized spacial score (nSPS) is 28.7. The Hall–Kier alpha value is -3.16. The molecule has 5 rings (SSSR count). The SMILES string of the molecule is CC(C)[C@@H]1CC[C@@H](C)CC(=O)N2C[C@H]3C[C@H](CN(C(=O)c4cc(-c5ccccc5)on4)C3)[C@@H]2CCCC(=O)N1. The molecule has 0 radical (unpaired) electrons. The second kappa shape index (κ2) is 11.9. The molecule has 5 atom stereocenters. The first-order chi connectivity index (χ1) is 18.8. The average molecular weight is 535 g/mol. The Morgan fingerprint density at radius 3 is 2.64 bits per heavy atom. The largest absolute Gasteiger partial charge is 0.355 e. The molecule has 0 saturated carbocycles. The van der Waals surface area contributed by atoms with E-state index >= 15 is 0 Å². The van der Waals surface area contributed by atoms with E-state index in [-0.39, 0.29) is 47.6 Å². The van der Waals surface area contributed by atoms with Gasteiger partial charge in [0.25, 0.3) is 5.91 Å². The molecular formula is C31H42N4O4. The number of nitrogens with one attached hydrogen (secondary N) is 1. The average Bonchev–Trinajstić information content (AvgIpc) is 3.42. The zero-order valence-electron chi connectivity index (χ0n) is 23.5. The maximum Gasteiger partial charge on any atom is 0.276 e. The number of benzene rings is 1. The standard InChI is InChI=1S/C31H42N4O4/c1-20(2)25-13-12-21(3)14-30(37)35-18-22-15-24(27(35)10-7-11-29(36)32-25)19-34(17-22)31(38)26-16-28(39-33-26)23-8-5-4-6-9-23/h4-6,8-9,16,20-22,24-25,27H,7,10-15,17-19H2,1-3H3,(H,32,36)/t21-,22+,24-,25+,27+/m1/s1. The molecule has 210 valence electrons. The highest BCUT2D eigenvalue weighted by molar-refractivity contribution is 5.93. The molecule has 8 nitrogen and oxygen atoms in total. The number of aromatic nitrogens is 1. The third kappa shape index (κ3) is 6.36. The van der Waals surface area contributed by atoms with Gasteiger partial charge in [-0.3, -0.25) is 14.4 Å². The van der Waals surface area contributed by atoms with E-state index in [9.17, 15) is 14.4 Å². The zero-order chi connectivity index (χ0) is 27.5. The molecule has 2 bridgehead atoms. The molecule has 39 heavy (non-hydrogen) atoms. The maximum atomic E-state index is 13.6. The monoisotopic (exact) mass is 534 g/mol. The Balaban J connectivity index is 1.30. The molecule has 0 spiro atoms. The fraction of sp³-hybridized carbons (Fsp3) is 0.613. The fourth-order valence-electron chi connectivity index (χ4n) is 6.75. The highest BCUT2D eigenvalue weighted by Crippen LogP contribution is 2.37. The van der Waals surface area contributed by atoms with Crippen molar-refractivity contribution in [3.05, 3.63) is 42.1 Å². The topological polar surface area (TPSA) is 95.8 Å². The Morgan fingerprint density at radius 2 is 1.87 bits per heavy atom. The summed E-state index contributed by atoms with van der Waals surface area (Å²) in [6.07, 6.45) is 5.35. The highest BCUT2D eigenvalue weighted by atomic mass is 16.5. The van der Waals surface area contributed by atoms with Crippen molar-refractivity contribution in [3.8, 4) is 11.3 Å². The molecule has 0 aliphatic carbocycles. The van der Waals surface area contributed by atoms with Gasteiger partial charge in [0.05, 0.1) is 0 Å². The molecule has 0 unspecified atom stereocenters. The number of amides is 3. The van der Waals surface area contributed by atoms with Gasteiger partial charge in [0.15, 0.2) is 11.5 Å². The molecular weight excluding hydrogens is 492 g/mol. The molecule has 1 aromatic carbocycles. The van der Waals surface area contributed by atoms with Gasteiger partial charge in [-0.2, -0.15) is 0 Å². The van der Waals surface area contributed by atoms with Crippen LogP contribution in [-0.4, -0.2) is 64.4 Å². The minimum Gasteiger partial charge on any atom is -0.355 e. The molecule has 3 amide bonds. The number of hydrogen-bond donors (Lipinski definition) is 1. The van der Waals surface area contributed by atoms with Crippen molar-refractivity contribution in [1.29, 1.82) is 0 Å². The van der Waals surface area contributed by atoms with Crippen LogP contribution in [0.15, 0.2) is 40.9 Å². The molecule has 3 fully saturated rings. The van der Waals surface area contributed by atoms with Crippen LogP contribution < -0.4 is 5.32 Å². The van der Waals surface area contributed by atoms with E-state index in [0.29, 0.717) is 49.8 Å². The molecule has 1 N–H and O–H groups in total. The predicted molar refractivity (Wildman–Crippen MR) is 149 cm³/mol. The van der Waals surface area contributed by atoms with Crippen molar-refractivity contribution in [2.45, 2.75) is 77.8 Å². The van der Waals surface area contributed by atoms with E-state index in [2.05, 4.69) is 36.1 Å². The molecule has 2 aromatic rings. The molecule has 1 aromatic heterocycles. The van der Waals surface area contributed by atoms with Crippen molar-refractivity contribution >= 4 is 17.7 Å². The Kier molecular flexibility index (Phi) is 8.38. The Labute approximate surface area is 231 Å². The molecule has 4 heterocycles. The van der Waals surface area contributed by atoms with E-state index in [1.807, 2.05) is 35.2 Å². The number of hydrogen-bond acceptors (Lipinski definition) is 5. The number of rotatable bonds is 3. The quantitative estimate of drug-likeness (QED) is 0.613. The first-order valence-corrected chi connectivity index (χ1v) is 14.7. The molecule has 8 heteroatoms. The Morgan fingerprint density at radius 1 is 1.08 bits per heavy atom. The lowest BCUT2D eigenvalue weighted by Crippen LogP contribution is -2.60. The number of nitrogens with zero attached hydrogens (tertiary/aromatic N) is 3. The van der Waals surface area contributed by atoms with Gasteiger partial charge in [0.2, 0.25) is 11.8 Å². The maximum absolute atomic E-state index is 13.6. The van der Waals surface area contributed by atoms with E-state index in [1.165, 1.54) is 0 Å². The second-order valence-corrected chi connectivity index (χ2v) is 12.3. The van der Waals surface area contributed by atoms with Gasteiger partial charge in [0, 0.05) is 56.2 Å². The lowest BCUT2D eigenvalue weighted by atomic mass is 9.77. The van der Waals surface area contributed by atoms with Gasteiger partial charge in [0.1, 0.15) is 0 Å². The predicted octanol–water partition coefficient (Wildman–Crippen LogP) is 4.76. The van der Waals surface area contributed by atoms with Crippen molar-refractivity contribution in [2.75, 3.05) is 19.6 Å². The summed E-state index contributed by atoms with van der Waals surface area (Å²) in [7, 11) is 0. The van der Waals surface area contributed by atoms with Gasteiger partial charge < -0.3 is 19.6 Å².